The van der Waals surface area contributed by atoms with E-state index in [0.717, 1.165) is 4.31 Å². The summed E-state index contributed by atoms with van der Waals surface area (Å²) in [6.45, 7) is 1.05. The highest BCUT2D eigenvalue weighted by molar-refractivity contribution is 7.89. The minimum absolute atomic E-state index is 0.104. The lowest BCUT2D eigenvalue weighted by Gasteiger charge is -2.12. The number of ether oxygens (including phenoxy) is 1. The number of benzene rings is 1. The van der Waals surface area contributed by atoms with Crippen LogP contribution in [-0.4, -0.2) is 53.0 Å². The molecule has 6 nitrogen and oxygen atoms in total. The highest BCUT2D eigenvalue weighted by Gasteiger charge is 2.18. The van der Waals surface area contributed by atoms with Crippen LogP contribution in [0, 0.1) is 0 Å². The second kappa shape index (κ2) is 7.37. The number of nitrogens with one attached hydrogen (secondary N) is 1. The first-order chi connectivity index (χ1) is 9.39. The summed E-state index contributed by atoms with van der Waals surface area (Å²) in [7, 11) is 0.968. The Balaban J connectivity index is 2.81. The van der Waals surface area contributed by atoms with Crippen LogP contribution in [0.1, 0.15) is 16.8 Å². The Kier molecular flexibility index (Phi) is 6.12. The zero-order valence-electron chi connectivity index (χ0n) is 11.9. The van der Waals surface area contributed by atoms with E-state index in [4.69, 9.17) is 4.74 Å². The first-order valence-corrected chi connectivity index (χ1v) is 7.63. The van der Waals surface area contributed by atoms with Crippen molar-refractivity contribution in [1.29, 1.82) is 0 Å². The molecule has 1 aromatic carbocycles. The van der Waals surface area contributed by atoms with Crippen LogP contribution in [0.15, 0.2) is 29.2 Å². The van der Waals surface area contributed by atoms with E-state index in [9.17, 15) is 13.2 Å². The SMILES string of the molecule is COCCCNC(=O)c1cccc(S(=O)(=O)N(C)C)c1. The monoisotopic (exact) mass is 300 g/mol. The summed E-state index contributed by atoms with van der Waals surface area (Å²) in [5.74, 6) is -0.295. The van der Waals surface area contributed by atoms with Gasteiger partial charge in [0.1, 0.15) is 0 Å². The molecule has 0 atom stereocenters. The standard InChI is InChI=1S/C13H20N2O4S/c1-15(2)20(17,18)12-7-4-6-11(10-12)13(16)14-8-5-9-19-3/h4,6-7,10H,5,8-9H2,1-3H3,(H,14,16). The van der Waals surface area contributed by atoms with Gasteiger partial charge < -0.3 is 10.1 Å². The molecule has 0 fully saturated rings. The summed E-state index contributed by atoms with van der Waals surface area (Å²) >= 11 is 0. The molecule has 20 heavy (non-hydrogen) atoms. The molecule has 112 valence electrons. The number of carbonyl (C=O) groups is 1. The molecule has 1 N–H and O–H groups in total. The predicted molar refractivity (Wildman–Crippen MR) is 76.1 cm³/mol. The van der Waals surface area contributed by atoms with Gasteiger partial charge in [0.2, 0.25) is 10.0 Å². The Morgan fingerprint density at radius 2 is 2.05 bits per heavy atom. The molecule has 0 aliphatic heterocycles. The van der Waals surface area contributed by atoms with Crippen molar-refractivity contribution in [2.75, 3.05) is 34.4 Å². The van der Waals surface area contributed by atoms with Crippen molar-refractivity contribution >= 4 is 15.9 Å². The number of amides is 1. The second-order valence-electron chi connectivity index (χ2n) is 4.42. The number of hydrogen-bond acceptors (Lipinski definition) is 4. The average Bonchev–Trinajstić information content (AvgIpc) is 2.43. The first-order valence-electron chi connectivity index (χ1n) is 6.19. The molecule has 0 saturated carbocycles. The average molecular weight is 300 g/mol. The summed E-state index contributed by atoms with van der Waals surface area (Å²) in [6.07, 6.45) is 0.706. The normalized spacial score (nSPS) is 11.6. The Morgan fingerprint density at radius 3 is 2.65 bits per heavy atom. The van der Waals surface area contributed by atoms with Gasteiger partial charge in [0.15, 0.2) is 0 Å². The van der Waals surface area contributed by atoms with Gasteiger partial charge in [-0.15, -0.1) is 0 Å². The van der Waals surface area contributed by atoms with Gasteiger partial charge in [-0.25, -0.2) is 12.7 Å². The lowest BCUT2D eigenvalue weighted by Crippen LogP contribution is -2.26. The maximum Gasteiger partial charge on any atom is 0.251 e. The van der Waals surface area contributed by atoms with Gasteiger partial charge in [0.25, 0.3) is 5.91 Å². The Labute approximate surface area is 119 Å². The van der Waals surface area contributed by atoms with Gasteiger partial charge in [-0.3, -0.25) is 4.79 Å². The van der Waals surface area contributed by atoms with Gasteiger partial charge in [-0.2, -0.15) is 0 Å². The van der Waals surface area contributed by atoms with Gasteiger partial charge in [0.05, 0.1) is 4.90 Å². The number of methoxy groups -OCH3 is 1. The summed E-state index contributed by atoms with van der Waals surface area (Å²) in [6, 6.07) is 5.98. The van der Waals surface area contributed by atoms with Crippen molar-refractivity contribution in [3.05, 3.63) is 29.8 Å². The molecule has 0 aromatic heterocycles. The van der Waals surface area contributed by atoms with Crippen LogP contribution in [-0.2, 0) is 14.8 Å². The van der Waals surface area contributed by atoms with Crippen molar-refractivity contribution < 1.29 is 17.9 Å². The number of nitrogens with zero attached hydrogens (tertiary/aromatic N) is 1. The first kappa shape index (κ1) is 16.6. The molecule has 0 radical (unpaired) electrons. The van der Waals surface area contributed by atoms with Crippen LogP contribution in [0.3, 0.4) is 0 Å². The molecule has 1 rings (SSSR count). The highest BCUT2D eigenvalue weighted by Crippen LogP contribution is 2.14. The van der Waals surface area contributed by atoms with Crippen molar-refractivity contribution in [1.82, 2.24) is 9.62 Å². The lowest BCUT2D eigenvalue weighted by molar-refractivity contribution is 0.0948. The smallest absolute Gasteiger partial charge is 0.251 e. The Hall–Kier alpha value is -1.44. The maximum absolute atomic E-state index is 12.0. The van der Waals surface area contributed by atoms with Gasteiger partial charge in [-0.05, 0) is 24.6 Å². The number of carbonyl (C=O) groups excluding carboxylic acids is 1. The minimum Gasteiger partial charge on any atom is -0.385 e. The van der Waals surface area contributed by atoms with E-state index in [2.05, 4.69) is 5.32 Å². The van der Waals surface area contributed by atoms with Crippen molar-refractivity contribution in [2.24, 2.45) is 0 Å². The third-order valence-electron chi connectivity index (χ3n) is 2.69. The number of hydrogen-bond donors (Lipinski definition) is 1. The molecular weight excluding hydrogens is 280 g/mol. The van der Waals surface area contributed by atoms with Crippen LogP contribution < -0.4 is 5.32 Å². The molecular formula is C13H20N2O4S. The van der Waals surface area contributed by atoms with Gasteiger partial charge in [-0.1, -0.05) is 6.07 Å². The van der Waals surface area contributed by atoms with Crippen LogP contribution in [0.25, 0.3) is 0 Å². The third-order valence-corrected chi connectivity index (χ3v) is 4.50. The molecule has 0 spiro atoms. The summed E-state index contributed by atoms with van der Waals surface area (Å²) in [5.41, 5.74) is 0.324. The summed E-state index contributed by atoms with van der Waals surface area (Å²) in [5, 5.41) is 2.71. The van der Waals surface area contributed by atoms with Gasteiger partial charge in [0, 0.05) is 39.9 Å². The molecule has 7 heteroatoms. The molecule has 1 amide bonds. The van der Waals surface area contributed by atoms with E-state index in [0.29, 0.717) is 25.1 Å². The lowest BCUT2D eigenvalue weighted by atomic mass is 10.2. The van der Waals surface area contributed by atoms with Crippen LogP contribution in [0.5, 0.6) is 0 Å². The molecule has 0 saturated heterocycles. The molecule has 1 aromatic rings. The number of rotatable bonds is 7. The van der Waals surface area contributed by atoms with Crippen molar-refractivity contribution in [2.45, 2.75) is 11.3 Å². The van der Waals surface area contributed by atoms with Gasteiger partial charge >= 0.3 is 0 Å². The fourth-order valence-corrected chi connectivity index (χ4v) is 2.48. The predicted octanol–water partition coefficient (Wildman–Crippen LogP) is 0.703. The summed E-state index contributed by atoms with van der Waals surface area (Å²) in [4.78, 5) is 12.0. The molecule has 0 heterocycles. The van der Waals surface area contributed by atoms with Crippen LogP contribution >= 0.6 is 0 Å². The van der Waals surface area contributed by atoms with E-state index in [1.165, 1.54) is 26.2 Å². The van der Waals surface area contributed by atoms with Crippen LogP contribution in [0.2, 0.25) is 0 Å². The van der Waals surface area contributed by atoms with E-state index in [1.807, 2.05) is 0 Å². The minimum atomic E-state index is -3.53. The largest absolute Gasteiger partial charge is 0.385 e. The number of sulfonamides is 1. The molecule has 0 aliphatic carbocycles. The van der Waals surface area contributed by atoms with E-state index >= 15 is 0 Å². The zero-order chi connectivity index (χ0) is 15.2. The van der Waals surface area contributed by atoms with E-state index in [-0.39, 0.29) is 10.8 Å². The van der Waals surface area contributed by atoms with Crippen molar-refractivity contribution in [3.63, 3.8) is 0 Å². The fourth-order valence-electron chi connectivity index (χ4n) is 1.53. The third kappa shape index (κ3) is 4.29. The highest BCUT2D eigenvalue weighted by atomic mass is 32.2. The molecule has 0 aliphatic rings. The second-order valence-corrected chi connectivity index (χ2v) is 6.57. The summed E-state index contributed by atoms with van der Waals surface area (Å²) < 4.78 is 30.0. The Bertz CT molecular complexity index is 555. The van der Waals surface area contributed by atoms with Crippen LogP contribution in [0.4, 0.5) is 0 Å². The van der Waals surface area contributed by atoms with Crippen molar-refractivity contribution in [3.8, 4) is 0 Å². The topological polar surface area (TPSA) is 75.7 Å². The molecule has 0 bridgehead atoms. The maximum atomic E-state index is 12.0. The zero-order valence-corrected chi connectivity index (χ0v) is 12.7. The quantitative estimate of drug-likeness (QED) is 0.752. The Morgan fingerprint density at radius 1 is 1.35 bits per heavy atom. The fraction of sp³-hybridized carbons (Fsp3) is 0.462. The molecule has 0 unspecified atom stereocenters. The van der Waals surface area contributed by atoms with E-state index in [1.54, 1.807) is 19.2 Å². The van der Waals surface area contributed by atoms with E-state index < -0.39 is 10.0 Å².